The minimum absolute atomic E-state index is 0.113. The zero-order chi connectivity index (χ0) is 15.2. The Morgan fingerprint density at radius 2 is 2.19 bits per heavy atom. The highest BCUT2D eigenvalue weighted by molar-refractivity contribution is 5.94. The number of benzene rings is 1. The van der Waals surface area contributed by atoms with E-state index in [1.807, 2.05) is 43.3 Å². The van der Waals surface area contributed by atoms with Gasteiger partial charge in [0.2, 0.25) is 5.91 Å². The highest BCUT2D eigenvalue weighted by Crippen LogP contribution is 2.26. The highest BCUT2D eigenvalue weighted by atomic mass is 16.1. The Kier molecular flexibility index (Phi) is 5.62. The number of amides is 1. The number of para-hydroxylation sites is 2. The molecule has 0 aliphatic carbocycles. The van der Waals surface area contributed by atoms with E-state index in [9.17, 15) is 4.79 Å². The van der Waals surface area contributed by atoms with Crippen LogP contribution in [0, 0.1) is 11.8 Å². The van der Waals surface area contributed by atoms with E-state index < -0.39 is 0 Å². The average molecular weight is 289 g/mol. The molecule has 116 valence electrons. The molecule has 4 heteroatoms. The number of anilines is 2. The molecule has 2 rings (SSSR count). The Hall–Kier alpha value is -1.55. The Morgan fingerprint density at radius 1 is 1.43 bits per heavy atom. The van der Waals surface area contributed by atoms with Gasteiger partial charge in [0, 0.05) is 20.5 Å². The Balaban J connectivity index is 1.92. The number of rotatable bonds is 5. The lowest BCUT2D eigenvalue weighted by atomic mass is 9.85. The standard InChI is InChI=1S/C17H27N3O/c1-13(14-7-6-10-18-12-14)11-17(21)19-15-8-4-5-9-16(15)20(2)3/h4-5,8-9,13-14,18H,6-7,10-12H2,1-3H3,(H,19,21). The first-order valence-electron chi connectivity index (χ1n) is 7.85. The Labute approximate surface area is 127 Å². The van der Waals surface area contributed by atoms with E-state index in [0.29, 0.717) is 18.3 Å². The number of nitrogens with one attached hydrogen (secondary N) is 2. The molecular formula is C17H27N3O. The van der Waals surface area contributed by atoms with Gasteiger partial charge in [-0.3, -0.25) is 4.79 Å². The Morgan fingerprint density at radius 3 is 2.86 bits per heavy atom. The monoisotopic (exact) mass is 289 g/mol. The van der Waals surface area contributed by atoms with Crippen molar-refractivity contribution >= 4 is 17.3 Å². The molecule has 4 nitrogen and oxygen atoms in total. The van der Waals surface area contributed by atoms with Crippen molar-refractivity contribution in [1.29, 1.82) is 0 Å². The van der Waals surface area contributed by atoms with Gasteiger partial charge in [0.25, 0.3) is 0 Å². The van der Waals surface area contributed by atoms with Gasteiger partial charge >= 0.3 is 0 Å². The van der Waals surface area contributed by atoms with Gasteiger partial charge in [0.1, 0.15) is 0 Å². The summed E-state index contributed by atoms with van der Waals surface area (Å²) in [5.41, 5.74) is 1.93. The number of hydrogen-bond acceptors (Lipinski definition) is 3. The summed E-state index contributed by atoms with van der Waals surface area (Å²) >= 11 is 0. The van der Waals surface area contributed by atoms with Crippen molar-refractivity contribution in [2.24, 2.45) is 11.8 Å². The minimum atomic E-state index is 0.113. The maximum Gasteiger partial charge on any atom is 0.224 e. The lowest BCUT2D eigenvalue weighted by Gasteiger charge is -2.28. The van der Waals surface area contributed by atoms with Gasteiger partial charge in [-0.15, -0.1) is 0 Å². The van der Waals surface area contributed by atoms with E-state index in [1.54, 1.807) is 0 Å². The van der Waals surface area contributed by atoms with Gasteiger partial charge in [-0.05, 0) is 49.9 Å². The van der Waals surface area contributed by atoms with E-state index in [4.69, 9.17) is 0 Å². The van der Waals surface area contributed by atoms with E-state index in [1.165, 1.54) is 12.8 Å². The van der Waals surface area contributed by atoms with Crippen molar-refractivity contribution in [3.63, 3.8) is 0 Å². The summed E-state index contributed by atoms with van der Waals surface area (Å²) in [6.45, 7) is 4.35. The molecule has 21 heavy (non-hydrogen) atoms. The first-order valence-corrected chi connectivity index (χ1v) is 7.85. The van der Waals surface area contributed by atoms with Crippen LogP contribution in [0.15, 0.2) is 24.3 Å². The van der Waals surface area contributed by atoms with Crippen LogP contribution < -0.4 is 15.5 Å². The number of hydrogen-bond donors (Lipinski definition) is 2. The fourth-order valence-corrected chi connectivity index (χ4v) is 2.99. The number of carbonyl (C=O) groups excluding carboxylic acids is 1. The molecular weight excluding hydrogens is 262 g/mol. The molecule has 1 heterocycles. The SMILES string of the molecule is CC(CC(=O)Nc1ccccc1N(C)C)C1CCCNC1. The first-order chi connectivity index (χ1) is 10.1. The third-order valence-corrected chi connectivity index (χ3v) is 4.31. The molecule has 0 saturated carbocycles. The number of nitrogens with zero attached hydrogens (tertiary/aromatic N) is 1. The molecule has 0 bridgehead atoms. The van der Waals surface area contributed by atoms with Crippen LogP contribution in [0.1, 0.15) is 26.2 Å². The van der Waals surface area contributed by atoms with Gasteiger partial charge < -0.3 is 15.5 Å². The minimum Gasteiger partial charge on any atom is -0.376 e. The largest absolute Gasteiger partial charge is 0.376 e. The van der Waals surface area contributed by atoms with Crippen molar-refractivity contribution < 1.29 is 4.79 Å². The molecule has 2 atom stereocenters. The maximum absolute atomic E-state index is 12.3. The van der Waals surface area contributed by atoms with Crippen molar-refractivity contribution in [2.75, 3.05) is 37.4 Å². The van der Waals surface area contributed by atoms with Gasteiger partial charge in [-0.2, -0.15) is 0 Å². The summed E-state index contributed by atoms with van der Waals surface area (Å²) in [5.74, 6) is 1.15. The number of piperidine rings is 1. The zero-order valence-corrected chi connectivity index (χ0v) is 13.4. The predicted octanol–water partition coefficient (Wildman–Crippen LogP) is 2.72. The quantitative estimate of drug-likeness (QED) is 0.876. The molecule has 1 aliphatic rings. The van der Waals surface area contributed by atoms with Crippen molar-refractivity contribution in [3.05, 3.63) is 24.3 Å². The maximum atomic E-state index is 12.3. The molecule has 1 amide bonds. The predicted molar refractivity (Wildman–Crippen MR) is 88.8 cm³/mol. The second-order valence-electron chi connectivity index (χ2n) is 6.25. The van der Waals surface area contributed by atoms with E-state index >= 15 is 0 Å². The molecule has 1 saturated heterocycles. The van der Waals surface area contributed by atoms with Gasteiger partial charge in [-0.1, -0.05) is 19.1 Å². The number of carbonyl (C=O) groups is 1. The highest BCUT2D eigenvalue weighted by Gasteiger charge is 2.22. The van der Waals surface area contributed by atoms with Crippen LogP contribution >= 0.6 is 0 Å². The van der Waals surface area contributed by atoms with Crippen molar-refractivity contribution in [2.45, 2.75) is 26.2 Å². The lowest BCUT2D eigenvalue weighted by molar-refractivity contribution is -0.117. The van der Waals surface area contributed by atoms with Crippen LogP contribution in [0.5, 0.6) is 0 Å². The molecule has 1 aromatic rings. The summed E-state index contributed by atoms with van der Waals surface area (Å²) in [5, 5.41) is 6.49. The topological polar surface area (TPSA) is 44.4 Å². The molecule has 0 spiro atoms. The van der Waals surface area contributed by atoms with Crippen LogP contribution in [0.25, 0.3) is 0 Å². The molecule has 2 unspecified atom stereocenters. The summed E-state index contributed by atoms with van der Waals surface area (Å²) in [4.78, 5) is 14.3. The van der Waals surface area contributed by atoms with E-state index in [0.717, 1.165) is 24.5 Å². The fraction of sp³-hybridized carbons (Fsp3) is 0.588. The van der Waals surface area contributed by atoms with Gasteiger partial charge in [0.05, 0.1) is 11.4 Å². The molecule has 1 aromatic carbocycles. The average Bonchev–Trinajstić information content (AvgIpc) is 2.48. The molecule has 1 fully saturated rings. The third kappa shape index (κ3) is 4.46. The van der Waals surface area contributed by atoms with Crippen LogP contribution in [0.3, 0.4) is 0 Å². The van der Waals surface area contributed by atoms with Gasteiger partial charge in [0.15, 0.2) is 0 Å². The van der Waals surface area contributed by atoms with Crippen molar-refractivity contribution in [3.8, 4) is 0 Å². The normalized spacial score (nSPS) is 19.9. The summed E-state index contributed by atoms with van der Waals surface area (Å²) < 4.78 is 0. The molecule has 2 N–H and O–H groups in total. The molecule has 1 aliphatic heterocycles. The van der Waals surface area contributed by atoms with Gasteiger partial charge in [-0.25, -0.2) is 0 Å². The summed E-state index contributed by atoms with van der Waals surface area (Å²) in [6, 6.07) is 7.92. The Bertz CT molecular complexity index is 467. The fourth-order valence-electron chi connectivity index (χ4n) is 2.99. The van der Waals surface area contributed by atoms with E-state index in [2.05, 4.69) is 17.6 Å². The van der Waals surface area contributed by atoms with Crippen LogP contribution in [0.2, 0.25) is 0 Å². The summed E-state index contributed by atoms with van der Waals surface area (Å²) in [6.07, 6.45) is 3.05. The van der Waals surface area contributed by atoms with Crippen LogP contribution in [-0.4, -0.2) is 33.1 Å². The first kappa shape index (κ1) is 15.8. The third-order valence-electron chi connectivity index (χ3n) is 4.31. The second-order valence-corrected chi connectivity index (χ2v) is 6.25. The lowest BCUT2D eigenvalue weighted by Crippen LogP contribution is -2.34. The summed E-state index contributed by atoms with van der Waals surface area (Å²) in [7, 11) is 3.97. The van der Waals surface area contributed by atoms with E-state index in [-0.39, 0.29) is 5.91 Å². The van der Waals surface area contributed by atoms with Crippen molar-refractivity contribution in [1.82, 2.24) is 5.32 Å². The molecule has 0 radical (unpaired) electrons. The molecule has 0 aromatic heterocycles. The van der Waals surface area contributed by atoms with Crippen LogP contribution in [-0.2, 0) is 4.79 Å². The van der Waals surface area contributed by atoms with Crippen LogP contribution in [0.4, 0.5) is 11.4 Å². The second kappa shape index (κ2) is 7.46. The smallest absolute Gasteiger partial charge is 0.224 e. The zero-order valence-electron chi connectivity index (χ0n) is 13.4.